The largest absolute Gasteiger partial charge is 0.496 e. The second-order valence-corrected chi connectivity index (χ2v) is 3.84. The smallest absolute Gasteiger partial charge is 0.217 e. The Morgan fingerprint density at radius 3 is 2.39 bits per heavy atom. The lowest BCUT2D eigenvalue weighted by Gasteiger charge is -2.16. The minimum Gasteiger partial charge on any atom is -0.496 e. The van der Waals surface area contributed by atoms with Gasteiger partial charge >= 0.3 is 0 Å². The van der Waals surface area contributed by atoms with Crippen LogP contribution in [0.1, 0.15) is 28.4 Å². The van der Waals surface area contributed by atoms with Crippen LogP contribution in [0.4, 0.5) is 0 Å². The first kappa shape index (κ1) is 14.0. The summed E-state index contributed by atoms with van der Waals surface area (Å²) in [5, 5.41) is 2.68. The van der Waals surface area contributed by atoms with Crippen LogP contribution in [0.5, 0.6) is 11.5 Å². The van der Waals surface area contributed by atoms with E-state index in [0.717, 1.165) is 17.4 Å². The quantitative estimate of drug-likeness (QED) is 0.805. The first-order chi connectivity index (χ1) is 8.54. The van der Waals surface area contributed by atoms with E-state index in [9.17, 15) is 9.59 Å². The third-order valence-electron chi connectivity index (χ3n) is 2.63. The van der Waals surface area contributed by atoms with E-state index < -0.39 is 0 Å². The standard InChI is InChI=1S/C13H17NO4/c1-8-12(17-3)10(6-14-9(2)16)5-11(7-15)13(8)18-4/h5,7H,6H2,1-4H3,(H,14,16). The normalized spacial score (nSPS) is 9.78. The van der Waals surface area contributed by atoms with Crippen LogP contribution < -0.4 is 14.8 Å². The molecule has 0 aromatic heterocycles. The van der Waals surface area contributed by atoms with E-state index >= 15 is 0 Å². The molecule has 0 saturated heterocycles. The zero-order valence-corrected chi connectivity index (χ0v) is 11.0. The zero-order valence-electron chi connectivity index (χ0n) is 11.0. The van der Waals surface area contributed by atoms with Gasteiger partial charge in [-0.15, -0.1) is 0 Å². The molecule has 0 spiro atoms. The molecule has 0 heterocycles. The average Bonchev–Trinajstić information content (AvgIpc) is 2.35. The number of rotatable bonds is 5. The third-order valence-corrected chi connectivity index (χ3v) is 2.63. The van der Waals surface area contributed by atoms with Gasteiger partial charge in [0.1, 0.15) is 11.5 Å². The van der Waals surface area contributed by atoms with E-state index in [1.807, 2.05) is 6.92 Å². The van der Waals surface area contributed by atoms with Crippen molar-refractivity contribution in [3.8, 4) is 11.5 Å². The monoisotopic (exact) mass is 251 g/mol. The third kappa shape index (κ3) is 2.80. The summed E-state index contributed by atoms with van der Waals surface area (Å²) in [4.78, 5) is 22.0. The van der Waals surface area contributed by atoms with Crippen molar-refractivity contribution < 1.29 is 19.1 Å². The summed E-state index contributed by atoms with van der Waals surface area (Å²) in [5.74, 6) is 0.970. The highest BCUT2D eigenvalue weighted by Crippen LogP contribution is 2.34. The van der Waals surface area contributed by atoms with Gasteiger partial charge in [0.05, 0.1) is 19.8 Å². The van der Waals surface area contributed by atoms with Crippen LogP contribution in [-0.2, 0) is 11.3 Å². The molecule has 0 aliphatic heterocycles. The summed E-state index contributed by atoms with van der Waals surface area (Å²) in [6, 6.07) is 1.66. The highest BCUT2D eigenvalue weighted by Gasteiger charge is 2.16. The van der Waals surface area contributed by atoms with Crippen molar-refractivity contribution in [3.63, 3.8) is 0 Å². The molecular weight excluding hydrogens is 234 g/mol. The molecule has 1 amide bonds. The van der Waals surface area contributed by atoms with E-state index in [4.69, 9.17) is 9.47 Å². The van der Waals surface area contributed by atoms with Gasteiger partial charge in [-0.3, -0.25) is 9.59 Å². The van der Waals surface area contributed by atoms with Gasteiger partial charge in [-0.2, -0.15) is 0 Å². The van der Waals surface area contributed by atoms with Gasteiger partial charge in [-0.25, -0.2) is 0 Å². The number of methoxy groups -OCH3 is 2. The summed E-state index contributed by atoms with van der Waals surface area (Å²) < 4.78 is 10.5. The van der Waals surface area contributed by atoms with E-state index in [2.05, 4.69) is 5.32 Å². The highest BCUT2D eigenvalue weighted by molar-refractivity contribution is 5.82. The van der Waals surface area contributed by atoms with Crippen molar-refractivity contribution in [1.29, 1.82) is 0 Å². The molecule has 1 N–H and O–H groups in total. The van der Waals surface area contributed by atoms with Crippen LogP contribution in [0.2, 0.25) is 0 Å². The second kappa shape index (κ2) is 6.05. The van der Waals surface area contributed by atoms with Crippen LogP contribution in [0.25, 0.3) is 0 Å². The number of hydrogen-bond acceptors (Lipinski definition) is 4. The van der Waals surface area contributed by atoms with Crippen molar-refractivity contribution >= 4 is 12.2 Å². The minimum atomic E-state index is -0.141. The predicted octanol–water partition coefficient (Wildman–Crippen LogP) is 1.46. The SMILES string of the molecule is COc1c(C=O)cc(CNC(C)=O)c(OC)c1C. The molecule has 5 heteroatoms. The Morgan fingerprint density at radius 1 is 1.33 bits per heavy atom. The molecule has 98 valence electrons. The van der Waals surface area contributed by atoms with Crippen molar-refractivity contribution in [2.24, 2.45) is 0 Å². The maximum Gasteiger partial charge on any atom is 0.217 e. The van der Waals surface area contributed by atoms with E-state index in [1.165, 1.54) is 14.0 Å². The van der Waals surface area contributed by atoms with Gasteiger partial charge < -0.3 is 14.8 Å². The molecule has 0 unspecified atom stereocenters. The molecule has 0 fully saturated rings. The fraction of sp³-hybridized carbons (Fsp3) is 0.385. The number of hydrogen-bond donors (Lipinski definition) is 1. The Bertz CT molecular complexity index is 469. The van der Waals surface area contributed by atoms with Crippen LogP contribution in [0, 0.1) is 6.92 Å². The fourth-order valence-electron chi connectivity index (χ4n) is 1.87. The summed E-state index contributed by atoms with van der Waals surface area (Å²) in [6.07, 6.45) is 0.725. The molecular formula is C13H17NO4. The number of ether oxygens (including phenoxy) is 2. The maximum atomic E-state index is 11.0. The van der Waals surface area contributed by atoms with Crippen LogP contribution >= 0.6 is 0 Å². The van der Waals surface area contributed by atoms with Gasteiger partial charge in [0.15, 0.2) is 6.29 Å². The summed E-state index contributed by atoms with van der Waals surface area (Å²) in [6.45, 7) is 3.55. The zero-order chi connectivity index (χ0) is 13.7. The lowest BCUT2D eigenvalue weighted by atomic mass is 10.0. The van der Waals surface area contributed by atoms with Crippen LogP contribution in [-0.4, -0.2) is 26.4 Å². The lowest BCUT2D eigenvalue weighted by molar-refractivity contribution is -0.119. The van der Waals surface area contributed by atoms with Gasteiger partial charge in [0.25, 0.3) is 0 Å². The maximum absolute atomic E-state index is 11.0. The first-order valence-corrected chi connectivity index (χ1v) is 5.49. The summed E-state index contributed by atoms with van der Waals surface area (Å²) >= 11 is 0. The van der Waals surface area contributed by atoms with E-state index in [1.54, 1.807) is 13.2 Å². The topological polar surface area (TPSA) is 64.6 Å². The molecule has 0 aliphatic carbocycles. The van der Waals surface area contributed by atoms with Crippen molar-refractivity contribution in [2.75, 3.05) is 14.2 Å². The first-order valence-electron chi connectivity index (χ1n) is 5.49. The van der Waals surface area contributed by atoms with Crippen LogP contribution in [0.15, 0.2) is 6.07 Å². The summed E-state index contributed by atoms with van der Waals surface area (Å²) in [5.41, 5.74) is 1.93. The molecule has 0 saturated carbocycles. The number of amides is 1. The lowest BCUT2D eigenvalue weighted by Crippen LogP contribution is -2.19. The Balaban J connectivity index is 3.28. The Kier molecular flexibility index (Phi) is 4.71. The van der Waals surface area contributed by atoms with Gasteiger partial charge in [0.2, 0.25) is 5.91 Å². The molecule has 5 nitrogen and oxygen atoms in total. The Hall–Kier alpha value is -2.04. The minimum absolute atomic E-state index is 0.141. The van der Waals surface area contributed by atoms with Crippen molar-refractivity contribution in [3.05, 3.63) is 22.8 Å². The average molecular weight is 251 g/mol. The molecule has 0 bridgehead atoms. The van der Waals surface area contributed by atoms with Gasteiger partial charge in [-0.05, 0) is 13.0 Å². The molecule has 18 heavy (non-hydrogen) atoms. The van der Waals surface area contributed by atoms with Gasteiger partial charge in [0, 0.05) is 24.6 Å². The number of nitrogens with one attached hydrogen (secondary N) is 1. The van der Waals surface area contributed by atoms with E-state index in [0.29, 0.717) is 23.6 Å². The fourth-order valence-corrected chi connectivity index (χ4v) is 1.87. The van der Waals surface area contributed by atoms with Crippen molar-refractivity contribution in [2.45, 2.75) is 20.4 Å². The Labute approximate surface area is 106 Å². The molecule has 1 aromatic rings. The number of carbonyl (C=O) groups excluding carboxylic acids is 2. The molecule has 1 aromatic carbocycles. The summed E-state index contributed by atoms with van der Waals surface area (Å²) in [7, 11) is 3.04. The van der Waals surface area contributed by atoms with E-state index in [-0.39, 0.29) is 5.91 Å². The molecule has 0 radical (unpaired) electrons. The number of carbonyl (C=O) groups is 2. The molecule has 0 aliphatic rings. The van der Waals surface area contributed by atoms with Crippen molar-refractivity contribution in [1.82, 2.24) is 5.32 Å². The number of aldehydes is 1. The predicted molar refractivity (Wildman–Crippen MR) is 67.2 cm³/mol. The van der Waals surface area contributed by atoms with Crippen LogP contribution in [0.3, 0.4) is 0 Å². The molecule has 1 rings (SSSR count). The molecule has 0 atom stereocenters. The highest BCUT2D eigenvalue weighted by atomic mass is 16.5. The second-order valence-electron chi connectivity index (χ2n) is 3.84. The Morgan fingerprint density at radius 2 is 1.94 bits per heavy atom. The van der Waals surface area contributed by atoms with Gasteiger partial charge in [-0.1, -0.05) is 0 Å². The number of benzene rings is 1.